The molecule has 3 aromatic heterocycles. The second-order valence-electron chi connectivity index (χ2n) is 6.09. The number of nitrogens with zero attached hydrogens (tertiary/aromatic N) is 2. The second kappa shape index (κ2) is 5.45. The first-order chi connectivity index (χ1) is 13.1. The highest BCUT2D eigenvalue weighted by atomic mass is 16.3. The Balaban J connectivity index is 2.13. The molecule has 4 rings (SSSR count). The van der Waals surface area contributed by atoms with Crippen molar-refractivity contribution in [2.24, 2.45) is 7.05 Å². The van der Waals surface area contributed by atoms with Gasteiger partial charge in [-0.25, -0.2) is 4.57 Å². The van der Waals surface area contributed by atoms with E-state index in [1.807, 2.05) is 55.1 Å². The molecule has 0 saturated heterocycles. The van der Waals surface area contributed by atoms with E-state index in [1.54, 1.807) is 6.07 Å². The van der Waals surface area contributed by atoms with Gasteiger partial charge in [0.2, 0.25) is 5.69 Å². The highest BCUT2D eigenvalue weighted by molar-refractivity contribution is 6.10. The van der Waals surface area contributed by atoms with Crippen LogP contribution in [0.15, 0.2) is 53.2 Å². The summed E-state index contributed by atoms with van der Waals surface area (Å²) in [6.45, 7) is 0.884. The van der Waals surface area contributed by atoms with Gasteiger partial charge in [0.25, 0.3) is 0 Å². The van der Waals surface area contributed by atoms with Crippen molar-refractivity contribution in [1.82, 2.24) is 4.98 Å². The van der Waals surface area contributed by atoms with Crippen molar-refractivity contribution in [2.75, 3.05) is 0 Å². The molecule has 3 heterocycles. The molecule has 1 unspecified atom stereocenters. The number of benzene rings is 1. The van der Waals surface area contributed by atoms with E-state index >= 15 is 0 Å². The summed E-state index contributed by atoms with van der Waals surface area (Å²) in [6.07, 6.45) is 3.48. The monoisotopic (exact) mass is 321 g/mol. The Morgan fingerprint density at radius 2 is 2.12 bits per heavy atom. The highest BCUT2D eigenvalue weighted by Crippen LogP contribution is 2.38. The van der Waals surface area contributed by atoms with E-state index in [4.69, 9.17) is 9.90 Å². The SMILES string of the molecule is [2H]C([2H])([2H])C([2H])(C)c1nccc2oc3c(-c4cccc[n+]4C)c(C)ccc3c12. The molecule has 0 amide bonds. The number of aryl methyl sites for hydroxylation is 2. The lowest BCUT2D eigenvalue weighted by Gasteiger charge is -2.06. The third-order valence-electron chi connectivity index (χ3n) is 4.43. The van der Waals surface area contributed by atoms with E-state index < -0.39 is 12.7 Å². The summed E-state index contributed by atoms with van der Waals surface area (Å²) in [5, 5.41) is 1.36. The molecule has 0 aliphatic heterocycles. The topological polar surface area (TPSA) is 29.9 Å². The van der Waals surface area contributed by atoms with Crippen molar-refractivity contribution < 1.29 is 14.5 Å². The molecule has 1 atom stereocenters. The van der Waals surface area contributed by atoms with Gasteiger partial charge in [-0.15, -0.1) is 0 Å². The van der Waals surface area contributed by atoms with Gasteiger partial charge in [0, 0.05) is 29.2 Å². The molecule has 0 spiro atoms. The van der Waals surface area contributed by atoms with E-state index in [9.17, 15) is 0 Å². The molecule has 3 heteroatoms. The lowest BCUT2D eigenvalue weighted by atomic mass is 9.98. The first kappa shape index (κ1) is 11.0. The van der Waals surface area contributed by atoms with E-state index in [0.717, 1.165) is 22.2 Å². The summed E-state index contributed by atoms with van der Waals surface area (Å²) in [5.74, 6) is -1.86. The molecule has 0 aliphatic rings. The maximum Gasteiger partial charge on any atom is 0.216 e. The van der Waals surface area contributed by atoms with Gasteiger partial charge in [-0.2, -0.15) is 0 Å². The largest absolute Gasteiger partial charge is 0.455 e. The molecule has 4 aromatic rings. The van der Waals surface area contributed by atoms with Crippen LogP contribution in [0.4, 0.5) is 0 Å². The predicted octanol–water partition coefficient (Wildman–Crippen LogP) is 4.90. The predicted molar refractivity (Wildman–Crippen MR) is 97.0 cm³/mol. The van der Waals surface area contributed by atoms with Crippen LogP contribution in [0.5, 0.6) is 0 Å². The van der Waals surface area contributed by atoms with Crippen LogP contribution in [0.3, 0.4) is 0 Å². The minimum atomic E-state index is -2.52. The van der Waals surface area contributed by atoms with Gasteiger partial charge in [0.15, 0.2) is 6.20 Å². The summed E-state index contributed by atoms with van der Waals surface area (Å²) in [6, 6.07) is 11.6. The van der Waals surface area contributed by atoms with E-state index in [-0.39, 0.29) is 5.69 Å². The maximum absolute atomic E-state index is 8.54. The zero-order chi connectivity index (χ0) is 20.3. The number of pyridine rings is 2. The summed E-state index contributed by atoms with van der Waals surface area (Å²) < 4.78 is 40.2. The molecular weight excluding hydrogens is 296 g/mol. The van der Waals surface area contributed by atoms with Crippen molar-refractivity contribution in [3.05, 3.63) is 60.0 Å². The van der Waals surface area contributed by atoms with Crippen molar-refractivity contribution in [3.8, 4) is 11.3 Å². The normalized spacial score (nSPS) is 17.1. The van der Waals surface area contributed by atoms with Gasteiger partial charge in [0.05, 0.1) is 16.6 Å². The number of hydrogen-bond donors (Lipinski definition) is 0. The fraction of sp³-hybridized carbons (Fsp3) is 0.238. The standard InChI is InChI=1S/C21H21N2O/c1-13(2)20-19-15-9-8-14(3)18(16-7-5-6-12-23(16)4)21(15)24-17(19)10-11-22-20/h5-13H,1-4H3/q+1/i1D3,13D. The summed E-state index contributed by atoms with van der Waals surface area (Å²) >= 11 is 0. The smallest absolute Gasteiger partial charge is 0.216 e. The van der Waals surface area contributed by atoms with Crippen LogP contribution in [0.1, 0.15) is 36.4 Å². The molecule has 0 fully saturated rings. The van der Waals surface area contributed by atoms with Crippen LogP contribution in [0, 0.1) is 6.92 Å². The maximum atomic E-state index is 8.54. The molecule has 120 valence electrons. The van der Waals surface area contributed by atoms with E-state index in [2.05, 4.69) is 4.98 Å². The quantitative estimate of drug-likeness (QED) is 0.491. The van der Waals surface area contributed by atoms with Crippen LogP contribution in [0.2, 0.25) is 0 Å². The zero-order valence-electron chi connectivity index (χ0n) is 17.9. The minimum Gasteiger partial charge on any atom is -0.455 e. The molecule has 0 bridgehead atoms. The van der Waals surface area contributed by atoms with Crippen LogP contribution in [-0.2, 0) is 7.05 Å². The molecule has 0 aliphatic carbocycles. The van der Waals surface area contributed by atoms with Gasteiger partial charge in [-0.3, -0.25) is 4.98 Å². The molecule has 3 nitrogen and oxygen atoms in total. The van der Waals surface area contributed by atoms with E-state index in [0.29, 0.717) is 16.6 Å². The summed E-state index contributed by atoms with van der Waals surface area (Å²) in [4.78, 5) is 4.30. The number of fused-ring (bicyclic) bond motifs is 3. The third kappa shape index (κ3) is 2.12. The summed E-state index contributed by atoms with van der Waals surface area (Å²) in [5.41, 5.74) is 4.40. The number of furan rings is 1. The van der Waals surface area contributed by atoms with E-state index in [1.165, 1.54) is 13.1 Å². The number of rotatable bonds is 2. The van der Waals surface area contributed by atoms with Crippen LogP contribution >= 0.6 is 0 Å². The molecule has 24 heavy (non-hydrogen) atoms. The van der Waals surface area contributed by atoms with Crippen LogP contribution in [-0.4, -0.2) is 4.98 Å². The Morgan fingerprint density at radius 1 is 1.25 bits per heavy atom. The van der Waals surface area contributed by atoms with Crippen molar-refractivity contribution in [2.45, 2.75) is 26.6 Å². The second-order valence-corrected chi connectivity index (χ2v) is 6.09. The summed E-state index contributed by atoms with van der Waals surface area (Å²) in [7, 11) is 1.97. The van der Waals surface area contributed by atoms with Crippen molar-refractivity contribution >= 4 is 21.9 Å². The Labute approximate surface area is 147 Å². The molecule has 0 N–H and O–H groups in total. The lowest BCUT2D eigenvalue weighted by Crippen LogP contribution is -2.30. The van der Waals surface area contributed by atoms with Crippen molar-refractivity contribution in [3.63, 3.8) is 0 Å². The number of aromatic nitrogens is 2. The van der Waals surface area contributed by atoms with Crippen LogP contribution in [0.25, 0.3) is 33.2 Å². The fourth-order valence-electron chi connectivity index (χ4n) is 3.27. The van der Waals surface area contributed by atoms with Gasteiger partial charge < -0.3 is 4.42 Å². The molecular formula is C21H21N2O+. The van der Waals surface area contributed by atoms with Gasteiger partial charge >= 0.3 is 0 Å². The van der Waals surface area contributed by atoms with Gasteiger partial charge in [0.1, 0.15) is 18.2 Å². The third-order valence-corrected chi connectivity index (χ3v) is 4.43. The fourth-order valence-corrected chi connectivity index (χ4v) is 3.27. The minimum absolute atomic E-state index is 0.205. The zero-order valence-corrected chi connectivity index (χ0v) is 13.9. The average Bonchev–Trinajstić information content (AvgIpc) is 3.00. The van der Waals surface area contributed by atoms with Crippen molar-refractivity contribution in [1.29, 1.82) is 0 Å². The van der Waals surface area contributed by atoms with Crippen LogP contribution < -0.4 is 4.57 Å². The first-order valence-corrected chi connectivity index (χ1v) is 7.89. The van der Waals surface area contributed by atoms with Gasteiger partial charge in [-0.1, -0.05) is 25.9 Å². The Kier molecular flexibility index (Phi) is 2.49. The first-order valence-electron chi connectivity index (χ1n) is 9.89. The number of hydrogen-bond acceptors (Lipinski definition) is 2. The lowest BCUT2D eigenvalue weighted by molar-refractivity contribution is -0.660. The molecule has 1 aromatic carbocycles. The highest BCUT2D eigenvalue weighted by Gasteiger charge is 2.22. The Hall–Kier alpha value is -2.68. The molecule has 0 saturated carbocycles. The Morgan fingerprint density at radius 3 is 2.92 bits per heavy atom. The van der Waals surface area contributed by atoms with Gasteiger partial charge in [-0.05, 0) is 30.5 Å². The molecule has 0 radical (unpaired) electrons. The average molecular weight is 321 g/mol. The Bertz CT molecular complexity index is 1210.